The zero-order chi connectivity index (χ0) is 16.0. The molecule has 0 aliphatic heterocycles. The molecule has 4 nitrogen and oxygen atoms in total. The number of amides is 1. The van der Waals surface area contributed by atoms with Crippen LogP contribution in [-0.4, -0.2) is 24.0 Å². The van der Waals surface area contributed by atoms with E-state index in [-0.39, 0.29) is 29.2 Å². The van der Waals surface area contributed by atoms with Crippen LogP contribution in [-0.2, 0) is 11.0 Å². The number of halogens is 4. The lowest BCUT2D eigenvalue weighted by atomic mass is 10.2. The fourth-order valence-corrected chi connectivity index (χ4v) is 1.83. The molecule has 1 aromatic rings. The van der Waals surface area contributed by atoms with Gasteiger partial charge in [-0.1, -0.05) is 13.8 Å². The van der Waals surface area contributed by atoms with E-state index in [1.165, 1.54) is 6.20 Å². The molecule has 0 saturated heterocycles. The van der Waals surface area contributed by atoms with Gasteiger partial charge in [-0.3, -0.25) is 4.79 Å². The Morgan fingerprint density at radius 1 is 1.43 bits per heavy atom. The van der Waals surface area contributed by atoms with Gasteiger partial charge in [0.1, 0.15) is 5.82 Å². The van der Waals surface area contributed by atoms with Gasteiger partial charge in [0.15, 0.2) is 0 Å². The van der Waals surface area contributed by atoms with Gasteiger partial charge in [-0.25, -0.2) is 4.98 Å². The molecule has 0 spiro atoms. The molecule has 1 rings (SSSR count). The smallest absolute Gasteiger partial charge is 0.369 e. The summed E-state index contributed by atoms with van der Waals surface area (Å²) in [5, 5.41) is 5.25. The van der Waals surface area contributed by atoms with Gasteiger partial charge in [0, 0.05) is 30.2 Å². The van der Waals surface area contributed by atoms with Crippen molar-refractivity contribution in [2.24, 2.45) is 5.92 Å². The van der Waals surface area contributed by atoms with Crippen LogP contribution in [0.15, 0.2) is 16.7 Å². The number of hydrogen-bond donors (Lipinski definition) is 2. The molecule has 1 aromatic heterocycles. The number of hydrogen-bond acceptors (Lipinski definition) is 3. The Hall–Kier alpha value is -1.31. The van der Waals surface area contributed by atoms with Crippen molar-refractivity contribution >= 4 is 27.7 Å². The van der Waals surface area contributed by atoms with Gasteiger partial charge in [0.2, 0.25) is 5.91 Å². The number of anilines is 1. The number of carbonyl (C=O) groups is 1. The monoisotopic (exact) mass is 367 g/mol. The van der Waals surface area contributed by atoms with E-state index in [4.69, 9.17) is 0 Å². The van der Waals surface area contributed by atoms with E-state index in [2.05, 4.69) is 31.5 Å². The average molecular weight is 368 g/mol. The van der Waals surface area contributed by atoms with Crippen molar-refractivity contribution in [1.29, 1.82) is 0 Å². The van der Waals surface area contributed by atoms with Crippen LogP contribution in [0, 0.1) is 5.92 Å². The SMILES string of the molecule is CC(C)CNC(=O)CCNc1ncc(Br)cc1C(F)(F)F. The maximum Gasteiger partial charge on any atom is 0.419 e. The van der Waals surface area contributed by atoms with Crippen molar-refractivity contribution in [3.05, 3.63) is 22.3 Å². The maximum absolute atomic E-state index is 12.8. The van der Waals surface area contributed by atoms with Crippen molar-refractivity contribution < 1.29 is 18.0 Å². The van der Waals surface area contributed by atoms with Crippen molar-refractivity contribution in [2.45, 2.75) is 26.4 Å². The van der Waals surface area contributed by atoms with E-state index in [0.29, 0.717) is 12.5 Å². The van der Waals surface area contributed by atoms with Gasteiger partial charge in [-0.05, 0) is 27.9 Å². The van der Waals surface area contributed by atoms with Crippen molar-refractivity contribution in [3.63, 3.8) is 0 Å². The first-order valence-corrected chi connectivity index (χ1v) is 7.22. The molecule has 8 heteroatoms. The number of nitrogens with one attached hydrogen (secondary N) is 2. The Balaban J connectivity index is 2.58. The first-order chi connectivity index (χ1) is 9.70. The highest BCUT2D eigenvalue weighted by Crippen LogP contribution is 2.35. The number of aromatic nitrogens is 1. The van der Waals surface area contributed by atoms with E-state index in [9.17, 15) is 18.0 Å². The maximum atomic E-state index is 12.8. The van der Waals surface area contributed by atoms with Gasteiger partial charge in [0.25, 0.3) is 0 Å². The molecule has 0 saturated carbocycles. The Morgan fingerprint density at radius 3 is 2.67 bits per heavy atom. The third kappa shape index (κ3) is 6.33. The third-order valence-electron chi connectivity index (χ3n) is 2.51. The van der Waals surface area contributed by atoms with Crippen LogP contribution in [0.4, 0.5) is 19.0 Å². The molecule has 0 aromatic carbocycles. The molecule has 0 unspecified atom stereocenters. The zero-order valence-corrected chi connectivity index (χ0v) is 13.3. The highest BCUT2D eigenvalue weighted by molar-refractivity contribution is 9.10. The van der Waals surface area contributed by atoms with Crippen LogP contribution in [0.25, 0.3) is 0 Å². The minimum Gasteiger partial charge on any atom is -0.369 e. The summed E-state index contributed by atoms with van der Waals surface area (Å²) in [6.45, 7) is 4.55. The van der Waals surface area contributed by atoms with E-state index < -0.39 is 11.7 Å². The fourth-order valence-electron chi connectivity index (χ4n) is 1.50. The lowest BCUT2D eigenvalue weighted by Gasteiger charge is -2.14. The van der Waals surface area contributed by atoms with E-state index >= 15 is 0 Å². The summed E-state index contributed by atoms with van der Waals surface area (Å²) in [6, 6.07) is 0.953. The molecule has 0 bridgehead atoms. The number of pyridine rings is 1. The predicted octanol–water partition coefficient (Wildman–Crippen LogP) is 3.44. The minimum absolute atomic E-state index is 0.0850. The second-order valence-electron chi connectivity index (χ2n) is 4.92. The Morgan fingerprint density at radius 2 is 2.10 bits per heavy atom. The molecule has 0 aliphatic rings. The van der Waals surface area contributed by atoms with Gasteiger partial charge in [-0.15, -0.1) is 0 Å². The number of nitrogens with zero attached hydrogens (tertiary/aromatic N) is 1. The van der Waals surface area contributed by atoms with Crippen LogP contribution in [0.1, 0.15) is 25.8 Å². The van der Waals surface area contributed by atoms with Crippen LogP contribution < -0.4 is 10.6 Å². The standard InChI is InChI=1S/C13H17BrF3N3O/c1-8(2)6-19-11(21)3-4-18-12-10(13(15,16)17)5-9(14)7-20-12/h5,7-8H,3-4,6H2,1-2H3,(H,18,20)(H,19,21). The molecule has 0 radical (unpaired) electrons. The molecular formula is C13H17BrF3N3O. The number of rotatable bonds is 6. The summed E-state index contributed by atoms with van der Waals surface area (Å²) in [4.78, 5) is 15.2. The normalized spacial score (nSPS) is 11.6. The van der Waals surface area contributed by atoms with E-state index in [1.807, 2.05) is 13.8 Å². The first-order valence-electron chi connectivity index (χ1n) is 6.43. The second kappa shape index (κ2) is 7.63. The molecule has 21 heavy (non-hydrogen) atoms. The zero-order valence-electron chi connectivity index (χ0n) is 11.7. The van der Waals surface area contributed by atoms with Gasteiger partial charge in [-0.2, -0.15) is 13.2 Å². The summed E-state index contributed by atoms with van der Waals surface area (Å²) in [6.07, 6.45) is -3.14. The largest absolute Gasteiger partial charge is 0.419 e. The van der Waals surface area contributed by atoms with Crippen LogP contribution in [0.3, 0.4) is 0 Å². The molecule has 0 atom stereocenters. The highest BCUT2D eigenvalue weighted by atomic mass is 79.9. The van der Waals surface area contributed by atoms with Gasteiger partial charge in [0.05, 0.1) is 5.56 Å². The molecule has 2 N–H and O–H groups in total. The summed E-state index contributed by atoms with van der Waals surface area (Å²) in [5.41, 5.74) is -0.862. The molecule has 1 heterocycles. The van der Waals surface area contributed by atoms with E-state index in [1.54, 1.807) is 0 Å². The molecular weight excluding hydrogens is 351 g/mol. The lowest BCUT2D eigenvalue weighted by Crippen LogP contribution is -2.29. The quantitative estimate of drug-likeness (QED) is 0.809. The average Bonchev–Trinajstić information content (AvgIpc) is 2.37. The molecule has 1 amide bonds. The fraction of sp³-hybridized carbons (Fsp3) is 0.538. The third-order valence-corrected chi connectivity index (χ3v) is 2.95. The second-order valence-corrected chi connectivity index (χ2v) is 5.84. The first kappa shape index (κ1) is 17.7. The summed E-state index contributed by atoms with van der Waals surface area (Å²) in [7, 11) is 0. The van der Waals surface area contributed by atoms with Gasteiger partial charge >= 0.3 is 6.18 Å². The molecule has 0 fully saturated rings. The Kier molecular flexibility index (Phi) is 6.44. The van der Waals surface area contributed by atoms with Crippen LogP contribution in [0.5, 0.6) is 0 Å². The van der Waals surface area contributed by atoms with Crippen LogP contribution in [0.2, 0.25) is 0 Å². The lowest BCUT2D eigenvalue weighted by molar-refractivity contribution is -0.137. The van der Waals surface area contributed by atoms with Crippen molar-refractivity contribution in [1.82, 2.24) is 10.3 Å². The summed E-state index contributed by atoms with van der Waals surface area (Å²) in [5.74, 6) is -0.156. The summed E-state index contributed by atoms with van der Waals surface area (Å²) < 4.78 is 38.8. The van der Waals surface area contributed by atoms with Gasteiger partial charge < -0.3 is 10.6 Å². The van der Waals surface area contributed by atoms with E-state index in [0.717, 1.165) is 6.07 Å². The molecule has 118 valence electrons. The predicted molar refractivity (Wildman–Crippen MR) is 77.9 cm³/mol. The van der Waals surface area contributed by atoms with Crippen molar-refractivity contribution in [2.75, 3.05) is 18.4 Å². The van der Waals surface area contributed by atoms with Crippen molar-refractivity contribution in [3.8, 4) is 0 Å². The topological polar surface area (TPSA) is 54.0 Å². The number of alkyl halides is 3. The Labute approximate surface area is 129 Å². The number of carbonyl (C=O) groups excluding carboxylic acids is 1. The Bertz CT molecular complexity index is 492. The van der Waals surface area contributed by atoms with Crippen LogP contribution >= 0.6 is 15.9 Å². The minimum atomic E-state index is -4.50. The molecule has 0 aliphatic carbocycles. The summed E-state index contributed by atoms with van der Waals surface area (Å²) >= 11 is 2.96. The highest BCUT2D eigenvalue weighted by Gasteiger charge is 2.34.